The van der Waals surface area contributed by atoms with Crippen molar-refractivity contribution in [2.75, 3.05) is 32.8 Å². The minimum absolute atomic E-state index is 0.138. The summed E-state index contributed by atoms with van der Waals surface area (Å²) in [4.78, 5) is 29.6. The van der Waals surface area contributed by atoms with Gasteiger partial charge >= 0.3 is 0 Å². The van der Waals surface area contributed by atoms with Crippen molar-refractivity contribution in [2.45, 2.75) is 32.9 Å². The number of amides is 2. The Kier molecular flexibility index (Phi) is 9.21. The van der Waals surface area contributed by atoms with E-state index in [1.54, 1.807) is 56.7 Å². The first kappa shape index (κ1) is 28.4. The van der Waals surface area contributed by atoms with Crippen molar-refractivity contribution in [2.24, 2.45) is 5.92 Å². The molecule has 210 valence electrons. The van der Waals surface area contributed by atoms with Crippen LogP contribution in [0.15, 0.2) is 66.7 Å². The molecule has 0 radical (unpaired) electrons. The van der Waals surface area contributed by atoms with Crippen molar-refractivity contribution in [1.29, 1.82) is 0 Å². The van der Waals surface area contributed by atoms with Crippen LogP contribution in [0.25, 0.3) is 11.0 Å². The molecule has 0 saturated heterocycles. The number of nitrogens with zero attached hydrogens (tertiary/aromatic N) is 4. The molecule has 1 aromatic heterocycles. The summed E-state index contributed by atoms with van der Waals surface area (Å²) in [6.45, 7) is 4.51. The van der Waals surface area contributed by atoms with E-state index in [0.29, 0.717) is 52.0 Å². The van der Waals surface area contributed by atoms with Gasteiger partial charge < -0.3 is 19.5 Å². The molecular weight excluding hydrogens is 510 g/mol. The summed E-state index contributed by atoms with van der Waals surface area (Å²) in [5.74, 6) is 1.22. The van der Waals surface area contributed by atoms with Crippen LogP contribution in [0.4, 0.5) is 5.69 Å². The van der Waals surface area contributed by atoms with Crippen LogP contribution in [0, 0.1) is 5.92 Å². The molecule has 1 heterocycles. The number of nitrogens with one attached hydrogen (secondary N) is 1. The van der Waals surface area contributed by atoms with Gasteiger partial charge in [0.25, 0.3) is 0 Å². The molecule has 0 spiro atoms. The summed E-state index contributed by atoms with van der Waals surface area (Å²) < 4.78 is 17.9. The standard InChI is InChI=1S/C30H35N5O5/c1-20(2)15-16-31-30(37)29(21-13-14-26(39-4)27(17-21)40-5)35(22-9-8-10-23(18-22)38-3)28(36)19-34-25-12-7-6-11-24(25)32-33-34/h6-14,17-18,20,29H,15-16,19H2,1-5H3,(H,31,37). The summed E-state index contributed by atoms with van der Waals surface area (Å²) in [6.07, 6.45) is 0.794. The van der Waals surface area contributed by atoms with E-state index in [1.807, 2.05) is 24.3 Å². The Balaban J connectivity index is 1.83. The maximum Gasteiger partial charge on any atom is 0.249 e. The van der Waals surface area contributed by atoms with E-state index in [1.165, 1.54) is 16.7 Å². The number of carbonyl (C=O) groups is 2. The Labute approximate surface area is 233 Å². The Hall–Kier alpha value is -4.60. The predicted molar refractivity (Wildman–Crippen MR) is 153 cm³/mol. The lowest BCUT2D eigenvalue weighted by Crippen LogP contribution is -2.45. The summed E-state index contributed by atoms with van der Waals surface area (Å²) >= 11 is 0. The van der Waals surface area contributed by atoms with Crippen LogP contribution >= 0.6 is 0 Å². The fourth-order valence-corrected chi connectivity index (χ4v) is 4.46. The van der Waals surface area contributed by atoms with Crippen molar-refractivity contribution in [3.63, 3.8) is 0 Å². The van der Waals surface area contributed by atoms with E-state index in [9.17, 15) is 9.59 Å². The number of ether oxygens (including phenoxy) is 3. The van der Waals surface area contributed by atoms with Crippen LogP contribution in [0.1, 0.15) is 31.9 Å². The van der Waals surface area contributed by atoms with Gasteiger partial charge in [-0.2, -0.15) is 0 Å². The molecule has 40 heavy (non-hydrogen) atoms. The number of hydrogen-bond acceptors (Lipinski definition) is 7. The number of anilines is 1. The van der Waals surface area contributed by atoms with Gasteiger partial charge in [-0.25, -0.2) is 4.68 Å². The number of methoxy groups -OCH3 is 3. The maximum absolute atomic E-state index is 14.2. The number of rotatable bonds is 12. The molecule has 2 amide bonds. The molecule has 3 aromatic carbocycles. The largest absolute Gasteiger partial charge is 0.497 e. The van der Waals surface area contributed by atoms with Crippen molar-refractivity contribution < 1.29 is 23.8 Å². The SMILES string of the molecule is COc1cccc(N(C(=O)Cn2nnc3ccccc32)C(C(=O)NCCC(C)C)c2ccc(OC)c(OC)c2)c1. The average Bonchev–Trinajstić information content (AvgIpc) is 3.37. The summed E-state index contributed by atoms with van der Waals surface area (Å²) in [6, 6.07) is 18.6. The van der Waals surface area contributed by atoms with Crippen molar-refractivity contribution >= 4 is 28.5 Å². The molecule has 0 bridgehead atoms. The lowest BCUT2D eigenvalue weighted by Gasteiger charge is -2.32. The van der Waals surface area contributed by atoms with E-state index >= 15 is 0 Å². The number of para-hydroxylation sites is 1. The fourth-order valence-electron chi connectivity index (χ4n) is 4.46. The molecule has 1 atom stereocenters. The zero-order valence-corrected chi connectivity index (χ0v) is 23.5. The number of hydrogen-bond donors (Lipinski definition) is 1. The number of benzene rings is 3. The molecule has 1 unspecified atom stereocenters. The quantitative estimate of drug-likeness (QED) is 0.281. The van der Waals surface area contributed by atoms with Gasteiger partial charge in [0.15, 0.2) is 11.5 Å². The molecule has 4 aromatic rings. The Morgan fingerprint density at radius 3 is 2.42 bits per heavy atom. The van der Waals surface area contributed by atoms with Gasteiger partial charge in [-0.3, -0.25) is 14.5 Å². The minimum Gasteiger partial charge on any atom is -0.497 e. The highest BCUT2D eigenvalue weighted by atomic mass is 16.5. The maximum atomic E-state index is 14.2. The number of aromatic nitrogens is 3. The third kappa shape index (κ3) is 6.33. The van der Waals surface area contributed by atoms with E-state index in [2.05, 4.69) is 29.5 Å². The molecule has 10 nitrogen and oxygen atoms in total. The smallest absolute Gasteiger partial charge is 0.249 e. The third-order valence-electron chi connectivity index (χ3n) is 6.56. The average molecular weight is 546 g/mol. The Bertz CT molecular complexity index is 1470. The highest BCUT2D eigenvalue weighted by molar-refractivity contribution is 6.01. The molecule has 0 aliphatic heterocycles. The molecule has 0 aliphatic rings. The first-order valence-corrected chi connectivity index (χ1v) is 13.1. The van der Waals surface area contributed by atoms with Crippen LogP contribution in [-0.4, -0.2) is 54.7 Å². The van der Waals surface area contributed by atoms with Gasteiger partial charge in [-0.15, -0.1) is 5.10 Å². The Morgan fingerprint density at radius 2 is 1.70 bits per heavy atom. The first-order chi connectivity index (χ1) is 19.4. The lowest BCUT2D eigenvalue weighted by atomic mass is 10.0. The predicted octanol–water partition coefficient (Wildman–Crippen LogP) is 4.39. The first-order valence-electron chi connectivity index (χ1n) is 13.1. The fraction of sp³-hybridized carbons (Fsp3) is 0.333. The van der Waals surface area contributed by atoms with Gasteiger partial charge in [0.2, 0.25) is 11.8 Å². The molecule has 0 aliphatic carbocycles. The highest BCUT2D eigenvalue weighted by Crippen LogP contribution is 2.35. The van der Waals surface area contributed by atoms with Gasteiger partial charge in [0.1, 0.15) is 23.9 Å². The van der Waals surface area contributed by atoms with Gasteiger partial charge in [-0.1, -0.05) is 43.3 Å². The second kappa shape index (κ2) is 13.0. The van der Waals surface area contributed by atoms with Crippen molar-refractivity contribution in [3.05, 3.63) is 72.3 Å². The summed E-state index contributed by atoms with van der Waals surface area (Å²) in [7, 11) is 4.62. The van der Waals surface area contributed by atoms with Gasteiger partial charge in [0, 0.05) is 18.3 Å². The molecule has 4 rings (SSSR count). The molecule has 10 heteroatoms. The number of carbonyl (C=O) groups excluding carboxylic acids is 2. The van der Waals surface area contributed by atoms with Crippen LogP contribution in [0.3, 0.4) is 0 Å². The monoisotopic (exact) mass is 545 g/mol. The lowest BCUT2D eigenvalue weighted by molar-refractivity contribution is -0.127. The van der Waals surface area contributed by atoms with Crippen LogP contribution in [-0.2, 0) is 16.1 Å². The van der Waals surface area contributed by atoms with Crippen LogP contribution < -0.4 is 24.4 Å². The van der Waals surface area contributed by atoms with Gasteiger partial charge in [0.05, 0.1) is 26.8 Å². The summed E-state index contributed by atoms with van der Waals surface area (Å²) in [5, 5.41) is 11.4. The Morgan fingerprint density at radius 1 is 0.925 bits per heavy atom. The highest BCUT2D eigenvalue weighted by Gasteiger charge is 2.34. The topological polar surface area (TPSA) is 108 Å². The van der Waals surface area contributed by atoms with Crippen LogP contribution in [0.5, 0.6) is 17.2 Å². The van der Waals surface area contributed by atoms with E-state index in [4.69, 9.17) is 14.2 Å². The molecular formula is C30H35N5O5. The van der Waals surface area contributed by atoms with Crippen molar-refractivity contribution in [1.82, 2.24) is 20.3 Å². The molecule has 1 N–H and O–H groups in total. The van der Waals surface area contributed by atoms with Gasteiger partial charge in [-0.05, 0) is 54.3 Å². The minimum atomic E-state index is -1.03. The summed E-state index contributed by atoms with van der Waals surface area (Å²) in [5.41, 5.74) is 2.43. The normalized spacial score (nSPS) is 11.8. The molecule has 0 fully saturated rings. The number of fused-ring (bicyclic) bond motifs is 1. The molecule has 0 saturated carbocycles. The van der Waals surface area contributed by atoms with E-state index in [0.717, 1.165) is 6.42 Å². The van der Waals surface area contributed by atoms with Crippen molar-refractivity contribution in [3.8, 4) is 17.2 Å². The second-order valence-electron chi connectivity index (χ2n) is 9.69. The third-order valence-corrected chi connectivity index (χ3v) is 6.56. The zero-order valence-electron chi connectivity index (χ0n) is 23.5. The zero-order chi connectivity index (χ0) is 28.6. The van der Waals surface area contributed by atoms with E-state index < -0.39 is 6.04 Å². The van der Waals surface area contributed by atoms with E-state index in [-0.39, 0.29) is 18.4 Å². The van der Waals surface area contributed by atoms with Crippen LogP contribution in [0.2, 0.25) is 0 Å². The second-order valence-corrected chi connectivity index (χ2v) is 9.69.